The molecule has 3 aromatic heterocycles. The Kier molecular flexibility index (Phi) is 7.74. The molecule has 208 valence electrons. The maximum Gasteiger partial charge on any atom is 0.420 e. The van der Waals surface area contributed by atoms with Crippen LogP contribution in [0.15, 0.2) is 53.6 Å². The normalized spacial score (nSPS) is 12.1. The maximum atomic E-state index is 13.8. The molecule has 0 saturated heterocycles. The van der Waals surface area contributed by atoms with Crippen LogP contribution < -0.4 is 10.3 Å². The first kappa shape index (κ1) is 28.8. The highest BCUT2D eigenvalue weighted by Gasteiger charge is 2.37. The first-order valence-corrected chi connectivity index (χ1v) is 12.3. The van der Waals surface area contributed by atoms with Crippen molar-refractivity contribution in [3.63, 3.8) is 0 Å². The molecule has 1 aromatic carbocycles. The molecule has 0 radical (unpaired) electrons. The molecular formula is C27H24ClF3N6O3. The van der Waals surface area contributed by atoms with Gasteiger partial charge in [-0.3, -0.25) is 9.59 Å². The Labute approximate surface area is 232 Å². The molecule has 13 heteroatoms. The summed E-state index contributed by atoms with van der Waals surface area (Å²) in [7, 11) is 3.67. The zero-order valence-corrected chi connectivity index (χ0v) is 22.7. The van der Waals surface area contributed by atoms with Crippen LogP contribution in [0, 0.1) is 16.7 Å². The third kappa shape index (κ3) is 5.85. The predicted molar refractivity (Wildman–Crippen MR) is 142 cm³/mol. The van der Waals surface area contributed by atoms with Gasteiger partial charge in [-0.1, -0.05) is 11.6 Å². The first-order valence-electron chi connectivity index (χ1n) is 11.9. The lowest BCUT2D eigenvalue weighted by atomic mass is 9.92. The Bertz CT molecular complexity index is 1700. The van der Waals surface area contributed by atoms with E-state index in [0.29, 0.717) is 11.9 Å². The highest BCUT2D eigenvalue weighted by atomic mass is 35.5. The van der Waals surface area contributed by atoms with Crippen LogP contribution in [0.2, 0.25) is 5.02 Å². The van der Waals surface area contributed by atoms with Gasteiger partial charge in [-0.15, -0.1) is 0 Å². The molecule has 0 atom stereocenters. The van der Waals surface area contributed by atoms with Gasteiger partial charge in [-0.05, 0) is 64.3 Å². The van der Waals surface area contributed by atoms with E-state index >= 15 is 0 Å². The Morgan fingerprint density at radius 3 is 2.58 bits per heavy atom. The fraction of sp³-hybridized carbons (Fsp3) is 0.296. The van der Waals surface area contributed by atoms with E-state index in [2.05, 4.69) is 10.1 Å². The van der Waals surface area contributed by atoms with Crippen molar-refractivity contribution < 1.29 is 22.7 Å². The number of rotatable bonds is 7. The van der Waals surface area contributed by atoms with Gasteiger partial charge in [-0.2, -0.15) is 28.2 Å². The number of carbonyl (C=O) groups is 1. The van der Waals surface area contributed by atoms with Crippen LogP contribution in [0.4, 0.5) is 13.2 Å². The van der Waals surface area contributed by atoms with Crippen LogP contribution >= 0.6 is 11.6 Å². The minimum Gasteiger partial charge on any atom is -0.451 e. The van der Waals surface area contributed by atoms with Crippen molar-refractivity contribution in [3.05, 3.63) is 81.0 Å². The zero-order valence-electron chi connectivity index (χ0n) is 22.0. The third-order valence-electron chi connectivity index (χ3n) is 5.97. The van der Waals surface area contributed by atoms with E-state index in [0.717, 1.165) is 21.5 Å². The summed E-state index contributed by atoms with van der Waals surface area (Å²) in [5.74, 6) is -1.54. The van der Waals surface area contributed by atoms with Crippen molar-refractivity contribution in [3.8, 4) is 17.6 Å². The molecule has 3 heterocycles. The standard InChI is InChI=1S/C27H24ClF3N6O3/c1-26(2,15-35(3)4)25(39)37-23-19(6-5-8-33-23)21(34-37)14-36-9-7-20(27(29,30)31)22(24(36)38)40-18-11-16(13-32)10-17(28)12-18/h5-12H,14-15H2,1-4H3. The molecule has 0 aliphatic heterocycles. The van der Waals surface area contributed by atoms with Crippen molar-refractivity contribution in [1.82, 2.24) is 24.2 Å². The summed E-state index contributed by atoms with van der Waals surface area (Å²) in [5, 5.41) is 14.1. The van der Waals surface area contributed by atoms with Crippen LogP contribution in [0.3, 0.4) is 0 Å². The van der Waals surface area contributed by atoms with Gasteiger partial charge < -0.3 is 14.2 Å². The number of alkyl halides is 3. The van der Waals surface area contributed by atoms with Crippen LogP contribution in [-0.4, -0.2) is 50.8 Å². The fourth-order valence-corrected chi connectivity index (χ4v) is 4.61. The van der Waals surface area contributed by atoms with Gasteiger partial charge in [0, 0.05) is 29.3 Å². The average Bonchev–Trinajstić information content (AvgIpc) is 3.22. The zero-order chi connectivity index (χ0) is 29.4. The lowest BCUT2D eigenvalue weighted by Gasteiger charge is -2.26. The SMILES string of the molecule is CN(C)CC(C)(C)C(=O)n1nc(Cn2ccc(C(F)(F)F)c(Oc3cc(Cl)cc(C#N)c3)c2=O)c2cccnc21. The Morgan fingerprint density at radius 1 is 1.20 bits per heavy atom. The Balaban J connectivity index is 1.81. The van der Waals surface area contributed by atoms with E-state index in [-0.39, 0.29) is 40.1 Å². The molecule has 4 aromatic rings. The molecule has 0 aliphatic carbocycles. The highest BCUT2D eigenvalue weighted by molar-refractivity contribution is 6.30. The molecule has 0 bridgehead atoms. The van der Waals surface area contributed by atoms with Crippen LogP contribution in [0.25, 0.3) is 11.0 Å². The van der Waals surface area contributed by atoms with Crippen molar-refractivity contribution in [1.29, 1.82) is 5.26 Å². The van der Waals surface area contributed by atoms with Gasteiger partial charge in [0.2, 0.25) is 5.75 Å². The monoisotopic (exact) mass is 572 g/mol. The van der Waals surface area contributed by atoms with Crippen molar-refractivity contribution in [2.45, 2.75) is 26.6 Å². The lowest BCUT2D eigenvalue weighted by molar-refractivity contribution is -0.138. The van der Waals surface area contributed by atoms with E-state index in [1.807, 2.05) is 25.1 Å². The lowest BCUT2D eigenvalue weighted by Crippen LogP contribution is -2.39. The summed E-state index contributed by atoms with van der Waals surface area (Å²) < 4.78 is 49.1. The molecule has 0 unspecified atom stereocenters. The Morgan fingerprint density at radius 2 is 1.93 bits per heavy atom. The summed E-state index contributed by atoms with van der Waals surface area (Å²) in [6.07, 6.45) is -2.43. The number of hydrogen-bond acceptors (Lipinski definition) is 7. The van der Waals surface area contributed by atoms with Gasteiger partial charge in [0.1, 0.15) is 11.3 Å². The number of fused-ring (bicyclic) bond motifs is 1. The summed E-state index contributed by atoms with van der Waals surface area (Å²) >= 11 is 5.96. The van der Waals surface area contributed by atoms with E-state index in [4.69, 9.17) is 21.6 Å². The number of nitrogens with zero attached hydrogens (tertiary/aromatic N) is 6. The molecule has 0 saturated carbocycles. The van der Waals surface area contributed by atoms with Gasteiger partial charge in [-0.25, -0.2) is 4.98 Å². The number of aromatic nitrogens is 4. The van der Waals surface area contributed by atoms with E-state index < -0.39 is 28.5 Å². The fourth-order valence-electron chi connectivity index (χ4n) is 4.38. The van der Waals surface area contributed by atoms with E-state index in [1.165, 1.54) is 24.4 Å². The number of halogens is 4. The molecule has 0 aliphatic rings. The minimum absolute atomic E-state index is 0.0404. The number of nitriles is 1. The predicted octanol–water partition coefficient (Wildman–Crippen LogP) is 5.21. The summed E-state index contributed by atoms with van der Waals surface area (Å²) in [4.78, 5) is 32.9. The number of pyridine rings is 2. The average molecular weight is 573 g/mol. The second kappa shape index (κ2) is 10.7. The van der Waals surface area contributed by atoms with Gasteiger partial charge in [0.15, 0.2) is 5.65 Å². The number of ether oxygens (including phenoxy) is 1. The topological polar surface area (TPSA) is 106 Å². The molecule has 9 nitrogen and oxygen atoms in total. The van der Waals surface area contributed by atoms with Crippen molar-refractivity contribution >= 4 is 28.5 Å². The van der Waals surface area contributed by atoms with E-state index in [9.17, 15) is 22.8 Å². The molecule has 0 amide bonds. The maximum absolute atomic E-state index is 13.8. The quantitative estimate of drug-likeness (QED) is 0.299. The van der Waals surface area contributed by atoms with Crippen LogP contribution in [-0.2, 0) is 12.7 Å². The molecular weight excluding hydrogens is 549 g/mol. The molecule has 4 rings (SSSR count). The second-order valence-electron chi connectivity index (χ2n) is 10.0. The molecule has 0 N–H and O–H groups in total. The van der Waals surface area contributed by atoms with Crippen LogP contribution in [0.5, 0.6) is 11.5 Å². The van der Waals surface area contributed by atoms with Gasteiger partial charge in [0.25, 0.3) is 11.5 Å². The van der Waals surface area contributed by atoms with Gasteiger partial charge in [0.05, 0.1) is 29.3 Å². The molecule has 40 heavy (non-hydrogen) atoms. The number of carbonyl (C=O) groups excluding carboxylic acids is 1. The van der Waals surface area contributed by atoms with Crippen molar-refractivity contribution in [2.24, 2.45) is 5.41 Å². The summed E-state index contributed by atoms with van der Waals surface area (Å²) in [6, 6.07) is 9.51. The Hall–Kier alpha value is -4.21. The third-order valence-corrected chi connectivity index (χ3v) is 6.19. The van der Waals surface area contributed by atoms with Crippen molar-refractivity contribution in [2.75, 3.05) is 20.6 Å². The minimum atomic E-state index is -4.91. The second-order valence-corrected chi connectivity index (χ2v) is 10.5. The highest BCUT2D eigenvalue weighted by Crippen LogP contribution is 2.37. The first-order chi connectivity index (χ1) is 18.7. The van der Waals surface area contributed by atoms with E-state index in [1.54, 1.807) is 26.0 Å². The smallest absolute Gasteiger partial charge is 0.420 e. The number of benzene rings is 1. The van der Waals surface area contributed by atoms with Gasteiger partial charge >= 0.3 is 6.18 Å². The summed E-state index contributed by atoms with van der Waals surface area (Å²) in [5.41, 5.74) is -2.70. The molecule has 0 spiro atoms. The van der Waals surface area contributed by atoms with Crippen LogP contribution in [0.1, 0.15) is 35.5 Å². The largest absolute Gasteiger partial charge is 0.451 e. The molecule has 0 fully saturated rings. The summed E-state index contributed by atoms with van der Waals surface area (Å²) in [6.45, 7) is 3.68. The number of hydrogen-bond donors (Lipinski definition) is 0.